The molecule has 5 nitrogen and oxygen atoms in total. The molecular weight excluding hydrogens is 286 g/mol. The van der Waals surface area contributed by atoms with Gasteiger partial charge in [0.25, 0.3) is 0 Å². The molecule has 0 spiro atoms. The van der Waals surface area contributed by atoms with Crippen LogP contribution in [0.1, 0.15) is 11.1 Å². The maximum absolute atomic E-state index is 4.51. The van der Waals surface area contributed by atoms with Crippen LogP contribution in [0.4, 0.5) is 17.5 Å². The Kier molecular flexibility index (Phi) is 4.19. The van der Waals surface area contributed by atoms with Crippen LogP contribution >= 0.6 is 0 Å². The van der Waals surface area contributed by atoms with E-state index in [9.17, 15) is 0 Å². The zero-order chi connectivity index (χ0) is 16.2. The molecule has 0 atom stereocenters. The minimum absolute atomic E-state index is 0.570. The average molecular weight is 305 g/mol. The van der Waals surface area contributed by atoms with Gasteiger partial charge < -0.3 is 10.6 Å². The molecule has 0 aliphatic carbocycles. The molecule has 1 aromatic carbocycles. The predicted octanol–water partition coefficient (Wildman–Crippen LogP) is 3.94. The van der Waals surface area contributed by atoms with E-state index in [4.69, 9.17) is 0 Å². The lowest BCUT2D eigenvalue weighted by molar-refractivity contribution is 1.15. The summed E-state index contributed by atoms with van der Waals surface area (Å²) >= 11 is 0. The molecular formula is C18H19N5. The first kappa shape index (κ1) is 15.0. The van der Waals surface area contributed by atoms with Crippen molar-refractivity contribution < 1.29 is 0 Å². The molecule has 0 saturated heterocycles. The first-order valence-corrected chi connectivity index (χ1v) is 7.48. The third-order valence-electron chi connectivity index (χ3n) is 3.64. The van der Waals surface area contributed by atoms with E-state index in [2.05, 4.69) is 57.6 Å². The van der Waals surface area contributed by atoms with E-state index in [1.54, 1.807) is 12.4 Å². The number of hydrogen-bond acceptors (Lipinski definition) is 5. The van der Waals surface area contributed by atoms with Crippen LogP contribution in [-0.4, -0.2) is 22.0 Å². The van der Waals surface area contributed by atoms with E-state index in [-0.39, 0.29) is 0 Å². The Morgan fingerprint density at radius 3 is 2.39 bits per heavy atom. The van der Waals surface area contributed by atoms with E-state index >= 15 is 0 Å². The van der Waals surface area contributed by atoms with Crippen molar-refractivity contribution in [3.8, 4) is 11.3 Å². The molecule has 3 aromatic rings. The van der Waals surface area contributed by atoms with E-state index in [1.807, 2.05) is 25.2 Å². The summed E-state index contributed by atoms with van der Waals surface area (Å²) in [6.07, 6.45) is 3.55. The summed E-state index contributed by atoms with van der Waals surface area (Å²) in [5.74, 6) is 1.32. The van der Waals surface area contributed by atoms with Crippen molar-refractivity contribution in [1.29, 1.82) is 0 Å². The van der Waals surface area contributed by atoms with Gasteiger partial charge in [-0.05, 0) is 37.1 Å². The van der Waals surface area contributed by atoms with Crippen LogP contribution in [0.5, 0.6) is 0 Å². The SMILES string of the molecule is CNc1nc(Nc2c(C)cccc2C)cc(-c2cccnc2)n1. The molecule has 0 amide bonds. The number of nitrogens with zero attached hydrogens (tertiary/aromatic N) is 3. The monoisotopic (exact) mass is 305 g/mol. The molecule has 0 saturated carbocycles. The third kappa shape index (κ3) is 3.29. The molecule has 0 aliphatic rings. The normalized spacial score (nSPS) is 10.4. The number of aromatic nitrogens is 3. The van der Waals surface area contributed by atoms with E-state index in [1.165, 1.54) is 11.1 Å². The Bertz CT molecular complexity index is 795. The highest BCUT2D eigenvalue weighted by atomic mass is 15.1. The van der Waals surface area contributed by atoms with Crippen LogP contribution in [0.2, 0.25) is 0 Å². The third-order valence-corrected chi connectivity index (χ3v) is 3.64. The lowest BCUT2D eigenvalue weighted by Crippen LogP contribution is -2.03. The highest BCUT2D eigenvalue weighted by Gasteiger charge is 2.08. The Morgan fingerprint density at radius 1 is 0.957 bits per heavy atom. The van der Waals surface area contributed by atoms with Crippen molar-refractivity contribution in [3.05, 3.63) is 59.9 Å². The maximum atomic E-state index is 4.51. The van der Waals surface area contributed by atoms with Crippen LogP contribution in [0.25, 0.3) is 11.3 Å². The zero-order valence-electron chi connectivity index (χ0n) is 13.5. The van der Waals surface area contributed by atoms with Crippen LogP contribution in [0, 0.1) is 13.8 Å². The van der Waals surface area contributed by atoms with Gasteiger partial charge in [0, 0.05) is 36.8 Å². The van der Waals surface area contributed by atoms with Gasteiger partial charge in [0.05, 0.1) is 5.69 Å². The Labute approximate surface area is 135 Å². The molecule has 5 heteroatoms. The summed E-state index contributed by atoms with van der Waals surface area (Å²) in [5.41, 5.74) is 5.21. The van der Waals surface area contributed by atoms with Gasteiger partial charge in [-0.1, -0.05) is 18.2 Å². The number of benzene rings is 1. The topological polar surface area (TPSA) is 62.7 Å². The van der Waals surface area contributed by atoms with Crippen molar-refractivity contribution in [2.75, 3.05) is 17.7 Å². The highest BCUT2D eigenvalue weighted by molar-refractivity contribution is 5.69. The summed E-state index contributed by atoms with van der Waals surface area (Å²) < 4.78 is 0. The molecule has 0 unspecified atom stereocenters. The number of anilines is 3. The lowest BCUT2D eigenvalue weighted by atomic mass is 10.1. The van der Waals surface area contributed by atoms with Gasteiger partial charge in [-0.15, -0.1) is 0 Å². The molecule has 3 rings (SSSR count). The van der Waals surface area contributed by atoms with Crippen LogP contribution in [0.3, 0.4) is 0 Å². The number of pyridine rings is 1. The van der Waals surface area contributed by atoms with Crippen molar-refractivity contribution in [1.82, 2.24) is 15.0 Å². The number of nitrogens with one attached hydrogen (secondary N) is 2. The lowest BCUT2D eigenvalue weighted by Gasteiger charge is -2.13. The first-order valence-electron chi connectivity index (χ1n) is 7.48. The average Bonchev–Trinajstić information content (AvgIpc) is 2.59. The molecule has 2 heterocycles. The van der Waals surface area contributed by atoms with Crippen LogP contribution < -0.4 is 10.6 Å². The van der Waals surface area contributed by atoms with E-state index in [0.29, 0.717) is 5.95 Å². The van der Waals surface area contributed by atoms with Gasteiger partial charge in [0.2, 0.25) is 5.95 Å². The van der Waals surface area contributed by atoms with E-state index in [0.717, 1.165) is 22.8 Å². The second-order valence-electron chi connectivity index (χ2n) is 5.35. The number of aryl methyl sites for hydroxylation is 2. The van der Waals surface area contributed by atoms with Crippen molar-refractivity contribution in [2.24, 2.45) is 0 Å². The second-order valence-corrected chi connectivity index (χ2v) is 5.35. The standard InChI is InChI=1S/C18H19N5/c1-12-6-4-7-13(2)17(12)22-16-10-15(21-18(19-3)23-16)14-8-5-9-20-11-14/h4-11H,1-3H3,(H2,19,21,22,23). The Balaban J connectivity index is 2.03. The van der Waals surface area contributed by atoms with Gasteiger partial charge in [0.1, 0.15) is 5.82 Å². The van der Waals surface area contributed by atoms with Crippen LogP contribution in [-0.2, 0) is 0 Å². The summed E-state index contributed by atoms with van der Waals surface area (Å²) in [6, 6.07) is 12.0. The first-order chi connectivity index (χ1) is 11.2. The molecule has 2 N–H and O–H groups in total. The van der Waals surface area contributed by atoms with Crippen molar-refractivity contribution in [3.63, 3.8) is 0 Å². The minimum atomic E-state index is 0.570. The summed E-state index contributed by atoms with van der Waals surface area (Å²) in [4.78, 5) is 13.2. The Hall–Kier alpha value is -2.95. The second kappa shape index (κ2) is 6.44. The summed E-state index contributed by atoms with van der Waals surface area (Å²) in [5, 5.41) is 6.42. The van der Waals surface area contributed by atoms with Gasteiger partial charge in [0.15, 0.2) is 0 Å². The quantitative estimate of drug-likeness (QED) is 0.764. The van der Waals surface area contributed by atoms with Gasteiger partial charge in [-0.3, -0.25) is 4.98 Å². The molecule has 116 valence electrons. The fourth-order valence-electron chi connectivity index (χ4n) is 2.42. The zero-order valence-corrected chi connectivity index (χ0v) is 13.5. The molecule has 2 aromatic heterocycles. The number of rotatable bonds is 4. The number of para-hydroxylation sites is 1. The summed E-state index contributed by atoms with van der Waals surface area (Å²) in [7, 11) is 1.81. The van der Waals surface area contributed by atoms with E-state index < -0.39 is 0 Å². The minimum Gasteiger partial charge on any atom is -0.357 e. The maximum Gasteiger partial charge on any atom is 0.224 e. The largest absolute Gasteiger partial charge is 0.357 e. The fraction of sp³-hybridized carbons (Fsp3) is 0.167. The Morgan fingerprint density at radius 2 is 1.74 bits per heavy atom. The van der Waals surface area contributed by atoms with Crippen molar-refractivity contribution >= 4 is 17.5 Å². The number of hydrogen-bond donors (Lipinski definition) is 2. The molecule has 0 aliphatic heterocycles. The van der Waals surface area contributed by atoms with Gasteiger partial charge >= 0.3 is 0 Å². The molecule has 23 heavy (non-hydrogen) atoms. The van der Waals surface area contributed by atoms with Gasteiger partial charge in [-0.2, -0.15) is 4.98 Å². The predicted molar refractivity (Wildman–Crippen MR) is 94.0 cm³/mol. The molecule has 0 fully saturated rings. The van der Waals surface area contributed by atoms with Crippen LogP contribution in [0.15, 0.2) is 48.8 Å². The molecule has 0 bridgehead atoms. The van der Waals surface area contributed by atoms with Gasteiger partial charge in [-0.25, -0.2) is 4.98 Å². The highest BCUT2D eigenvalue weighted by Crippen LogP contribution is 2.26. The van der Waals surface area contributed by atoms with Crippen molar-refractivity contribution in [2.45, 2.75) is 13.8 Å². The fourth-order valence-corrected chi connectivity index (χ4v) is 2.42. The molecule has 0 radical (unpaired) electrons. The smallest absolute Gasteiger partial charge is 0.224 e. The summed E-state index contributed by atoms with van der Waals surface area (Å²) in [6.45, 7) is 4.16.